The molecule has 0 saturated heterocycles. The molecule has 6 heteroatoms. The Bertz CT molecular complexity index is 885. The fourth-order valence-electron chi connectivity index (χ4n) is 2.53. The molecule has 2 aromatic heterocycles. The van der Waals surface area contributed by atoms with E-state index in [1.54, 1.807) is 6.07 Å². The first-order valence-corrected chi connectivity index (χ1v) is 8.67. The van der Waals surface area contributed by atoms with Gasteiger partial charge in [0.2, 0.25) is 17.6 Å². The zero-order valence-electron chi connectivity index (χ0n) is 15.2. The van der Waals surface area contributed by atoms with Crippen molar-refractivity contribution in [1.82, 2.24) is 15.1 Å². The smallest absolute Gasteiger partial charge is 0.227 e. The van der Waals surface area contributed by atoms with E-state index in [1.165, 1.54) is 5.56 Å². The molecule has 2 heterocycles. The molecule has 6 nitrogen and oxygen atoms in total. The van der Waals surface area contributed by atoms with Crippen molar-refractivity contribution in [2.75, 3.05) is 5.32 Å². The maximum absolute atomic E-state index is 12.0. The quantitative estimate of drug-likeness (QED) is 0.723. The molecule has 0 aliphatic carbocycles. The van der Waals surface area contributed by atoms with Gasteiger partial charge in [0.1, 0.15) is 5.82 Å². The summed E-state index contributed by atoms with van der Waals surface area (Å²) in [6.45, 7) is 6.18. The highest BCUT2D eigenvalue weighted by molar-refractivity contribution is 5.89. The molecule has 26 heavy (non-hydrogen) atoms. The van der Waals surface area contributed by atoms with E-state index in [1.807, 2.05) is 31.2 Å². The maximum Gasteiger partial charge on any atom is 0.227 e. The van der Waals surface area contributed by atoms with Gasteiger partial charge >= 0.3 is 0 Å². The fourth-order valence-corrected chi connectivity index (χ4v) is 2.53. The van der Waals surface area contributed by atoms with Gasteiger partial charge < -0.3 is 9.84 Å². The summed E-state index contributed by atoms with van der Waals surface area (Å²) in [4.78, 5) is 20.7. The predicted octanol–water partition coefficient (Wildman–Crippen LogP) is 4.13. The Morgan fingerprint density at radius 2 is 1.88 bits per heavy atom. The van der Waals surface area contributed by atoms with Gasteiger partial charge in [-0.3, -0.25) is 4.79 Å². The molecule has 1 N–H and O–H groups in total. The van der Waals surface area contributed by atoms with Gasteiger partial charge in [0, 0.05) is 24.1 Å². The SMILES string of the molecule is Cc1cccc(NC(=O)CCc2nc(-c3ccc(C(C)C)cc3)no2)n1. The van der Waals surface area contributed by atoms with Gasteiger partial charge in [-0.1, -0.05) is 49.3 Å². The third kappa shape index (κ3) is 4.53. The van der Waals surface area contributed by atoms with Gasteiger partial charge in [0.25, 0.3) is 0 Å². The second-order valence-electron chi connectivity index (χ2n) is 6.50. The molecule has 0 unspecified atom stereocenters. The van der Waals surface area contributed by atoms with Crippen LogP contribution in [-0.4, -0.2) is 21.0 Å². The van der Waals surface area contributed by atoms with Crippen LogP contribution in [0.15, 0.2) is 47.0 Å². The van der Waals surface area contributed by atoms with Crippen LogP contribution in [0.2, 0.25) is 0 Å². The second kappa shape index (κ2) is 7.91. The molecule has 1 amide bonds. The Hall–Kier alpha value is -3.02. The lowest BCUT2D eigenvalue weighted by molar-refractivity contribution is -0.116. The number of aryl methyl sites for hydroxylation is 2. The summed E-state index contributed by atoms with van der Waals surface area (Å²) >= 11 is 0. The largest absolute Gasteiger partial charge is 0.339 e. The van der Waals surface area contributed by atoms with E-state index in [-0.39, 0.29) is 12.3 Å². The predicted molar refractivity (Wildman–Crippen MR) is 99.7 cm³/mol. The lowest BCUT2D eigenvalue weighted by Crippen LogP contribution is -2.13. The van der Waals surface area contributed by atoms with Gasteiger partial charge in [-0.15, -0.1) is 0 Å². The Labute approximate surface area is 152 Å². The highest BCUT2D eigenvalue weighted by Crippen LogP contribution is 2.20. The van der Waals surface area contributed by atoms with Gasteiger partial charge in [-0.05, 0) is 30.5 Å². The van der Waals surface area contributed by atoms with Crippen molar-refractivity contribution in [3.63, 3.8) is 0 Å². The Morgan fingerprint density at radius 1 is 1.12 bits per heavy atom. The number of aromatic nitrogens is 3. The first-order valence-electron chi connectivity index (χ1n) is 8.67. The first-order chi connectivity index (χ1) is 12.5. The van der Waals surface area contributed by atoms with E-state index < -0.39 is 0 Å². The van der Waals surface area contributed by atoms with E-state index in [9.17, 15) is 4.79 Å². The molecular weight excluding hydrogens is 328 g/mol. The number of anilines is 1. The van der Waals surface area contributed by atoms with Crippen molar-refractivity contribution < 1.29 is 9.32 Å². The summed E-state index contributed by atoms with van der Waals surface area (Å²) in [5, 5.41) is 6.77. The number of hydrogen-bond donors (Lipinski definition) is 1. The van der Waals surface area contributed by atoms with Gasteiger partial charge in [0.15, 0.2) is 0 Å². The van der Waals surface area contributed by atoms with Crippen molar-refractivity contribution in [2.24, 2.45) is 0 Å². The molecule has 0 bridgehead atoms. The monoisotopic (exact) mass is 350 g/mol. The van der Waals surface area contributed by atoms with Crippen LogP contribution in [0.1, 0.15) is 43.3 Å². The summed E-state index contributed by atoms with van der Waals surface area (Å²) in [5.74, 6) is 1.87. The number of pyridine rings is 1. The second-order valence-corrected chi connectivity index (χ2v) is 6.50. The van der Waals surface area contributed by atoms with Gasteiger partial charge in [-0.25, -0.2) is 4.98 Å². The summed E-state index contributed by atoms with van der Waals surface area (Å²) in [6.07, 6.45) is 0.637. The first kappa shape index (κ1) is 17.8. The van der Waals surface area contributed by atoms with E-state index in [2.05, 4.69) is 46.4 Å². The maximum atomic E-state index is 12.0. The third-order valence-electron chi connectivity index (χ3n) is 4.03. The Morgan fingerprint density at radius 3 is 2.58 bits per heavy atom. The lowest BCUT2D eigenvalue weighted by Gasteiger charge is -2.04. The average Bonchev–Trinajstić information content (AvgIpc) is 3.09. The highest BCUT2D eigenvalue weighted by atomic mass is 16.5. The van der Waals surface area contributed by atoms with Crippen LogP contribution >= 0.6 is 0 Å². The molecule has 0 aliphatic heterocycles. The van der Waals surface area contributed by atoms with Crippen LogP contribution in [-0.2, 0) is 11.2 Å². The molecule has 0 saturated carbocycles. The molecule has 0 atom stereocenters. The van der Waals surface area contributed by atoms with Crippen molar-refractivity contribution in [1.29, 1.82) is 0 Å². The standard InChI is InChI=1S/C20H22N4O2/c1-13(2)15-7-9-16(10-8-15)20-23-19(26-24-20)12-11-18(25)22-17-6-4-5-14(3)21-17/h4-10,13H,11-12H2,1-3H3,(H,21,22,25). The molecule has 1 aromatic carbocycles. The zero-order valence-corrected chi connectivity index (χ0v) is 15.2. The minimum Gasteiger partial charge on any atom is -0.339 e. The van der Waals surface area contributed by atoms with Crippen LogP contribution in [0, 0.1) is 6.92 Å². The number of carbonyl (C=O) groups is 1. The number of hydrogen-bond acceptors (Lipinski definition) is 5. The molecule has 0 fully saturated rings. The van der Waals surface area contributed by atoms with E-state index in [4.69, 9.17) is 4.52 Å². The van der Waals surface area contributed by atoms with Crippen molar-refractivity contribution in [3.8, 4) is 11.4 Å². The van der Waals surface area contributed by atoms with Crippen LogP contribution in [0.5, 0.6) is 0 Å². The number of carbonyl (C=O) groups excluding carboxylic acids is 1. The normalized spacial score (nSPS) is 10.9. The van der Waals surface area contributed by atoms with Gasteiger partial charge in [0.05, 0.1) is 0 Å². The summed E-state index contributed by atoms with van der Waals surface area (Å²) < 4.78 is 5.26. The topological polar surface area (TPSA) is 80.9 Å². The van der Waals surface area contributed by atoms with Crippen LogP contribution in [0.4, 0.5) is 5.82 Å². The zero-order chi connectivity index (χ0) is 18.5. The molecule has 0 aliphatic rings. The molecule has 3 aromatic rings. The fraction of sp³-hybridized carbons (Fsp3) is 0.300. The summed E-state index contributed by atoms with van der Waals surface area (Å²) in [7, 11) is 0. The molecule has 0 radical (unpaired) electrons. The number of amides is 1. The molecule has 3 rings (SSSR count). The number of benzene rings is 1. The van der Waals surface area contributed by atoms with Gasteiger partial charge in [-0.2, -0.15) is 4.98 Å². The van der Waals surface area contributed by atoms with Crippen LogP contribution in [0.3, 0.4) is 0 Å². The lowest BCUT2D eigenvalue weighted by atomic mass is 10.0. The van der Waals surface area contributed by atoms with E-state index in [0.29, 0.717) is 29.9 Å². The Kier molecular flexibility index (Phi) is 5.41. The molecular formula is C20H22N4O2. The van der Waals surface area contributed by atoms with E-state index in [0.717, 1.165) is 11.3 Å². The van der Waals surface area contributed by atoms with Crippen molar-refractivity contribution >= 4 is 11.7 Å². The highest BCUT2D eigenvalue weighted by Gasteiger charge is 2.11. The number of nitrogens with one attached hydrogen (secondary N) is 1. The minimum absolute atomic E-state index is 0.135. The summed E-state index contributed by atoms with van der Waals surface area (Å²) in [6, 6.07) is 13.6. The average molecular weight is 350 g/mol. The molecule has 0 spiro atoms. The summed E-state index contributed by atoms with van der Waals surface area (Å²) in [5.41, 5.74) is 3.02. The van der Waals surface area contributed by atoms with Crippen LogP contribution in [0.25, 0.3) is 11.4 Å². The number of rotatable bonds is 6. The number of nitrogens with zero attached hydrogens (tertiary/aromatic N) is 3. The molecule has 134 valence electrons. The van der Waals surface area contributed by atoms with E-state index >= 15 is 0 Å². The van der Waals surface area contributed by atoms with Crippen molar-refractivity contribution in [3.05, 3.63) is 59.6 Å². The van der Waals surface area contributed by atoms with Crippen molar-refractivity contribution in [2.45, 2.75) is 39.5 Å². The minimum atomic E-state index is -0.135. The van der Waals surface area contributed by atoms with Crippen LogP contribution < -0.4 is 5.32 Å². The Balaban J connectivity index is 1.57. The third-order valence-corrected chi connectivity index (χ3v) is 4.03.